The van der Waals surface area contributed by atoms with Crippen LogP contribution in [0.3, 0.4) is 0 Å². The lowest BCUT2D eigenvalue weighted by atomic mass is 9.97. The van der Waals surface area contributed by atoms with Crippen LogP contribution in [0.25, 0.3) is 0 Å². The zero-order valence-corrected chi connectivity index (χ0v) is 20.5. The number of allylic oxidation sites excluding steroid dienone is 1. The Bertz CT molecular complexity index is 1190. The van der Waals surface area contributed by atoms with Crippen molar-refractivity contribution in [1.82, 2.24) is 4.31 Å². The van der Waals surface area contributed by atoms with Crippen LogP contribution in [0, 0.1) is 0 Å². The Morgan fingerprint density at radius 1 is 1.06 bits per heavy atom. The molecule has 180 valence electrons. The highest BCUT2D eigenvalue weighted by Gasteiger charge is 2.46. The van der Waals surface area contributed by atoms with E-state index in [1.165, 1.54) is 29.1 Å². The van der Waals surface area contributed by atoms with Crippen molar-refractivity contribution in [1.29, 1.82) is 0 Å². The van der Waals surface area contributed by atoms with Crippen molar-refractivity contribution in [3.63, 3.8) is 0 Å². The number of anilines is 1. The Balaban J connectivity index is 1.66. The van der Waals surface area contributed by atoms with Gasteiger partial charge in [0.25, 0.3) is 5.91 Å². The Morgan fingerprint density at radius 3 is 2.38 bits per heavy atom. The highest BCUT2D eigenvalue weighted by atomic mass is 35.5. The average Bonchev–Trinajstić information content (AvgIpc) is 3.13. The van der Waals surface area contributed by atoms with E-state index in [1.807, 2.05) is 0 Å². The van der Waals surface area contributed by atoms with Crippen LogP contribution >= 0.6 is 11.6 Å². The number of ether oxygens (including phenoxy) is 1. The monoisotopic (exact) mass is 502 g/mol. The van der Waals surface area contributed by atoms with E-state index in [9.17, 15) is 18.0 Å². The van der Waals surface area contributed by atoms with E-state index in [-0.39, 0.29) is 17.9 Å². The number of methoxy groups -OCH3 is 1. The molecule has 1 saturated heterocycles. The lowest BCUT2D eigenvalue weighted by molar-refractivity contribution is -0.122. The van der Waals surface area contributed by atoms with Gasteiger partial charge in [-0.1, -0.05) is 23.3 Å². The maximum absolute atomic E-state index is 13.7. The van der Waals surface area contributed by atoms with Crippen molar-refractivity contribution >= 4 is 39.1 Å². The third-order valence-corrected chi connectivity index (χ3v) is 8.43. The Kier molecular flexibility index (Phi) is 7.40. The normalized spacial score (nSPS) is 19.0. The molecular formula is C25H27ClN2O5S. The van der Waals surface area contributed by atoms with Gasteiger partial charge in [-0.05, 0) is 80.6 Å². The van der Waals surface area contributed by atoms with Gasteiger partial charge in [0, 0.05) is 11.6 Å². The van der Waals surface area contributed by atoms with Crippen molar-refractivity contribution in [2.45, 2.75) is 49.5 Å². The van der Waals surface area contributed by atoms with Crippen LogP contribution in [0.1, 0.15) is 38.5 Å². The molecule has 0 aromatic heterocycles. The van der Waals surface area contributed by atoms with Gasteiger partial charge in [-0.15, -0.1) is 0 Å². The lowest BCUT2D eigenvalue weighted by Gasteiger charge is -2.28. The molecule has 0 spiro atoms. The van der Waals surface area contributed by atoms with Crippen LogP contribution < -0.4 is 9.64 Å². The maximum atomic E-state index is 13.7. The second kappa shape index (κ2) is 10.3. The van der Waals surface area contributed by atoms with E-state index in [1.54, 1.807) is 36.4 Å². The molecule has 2 aliphatic rings. The van der Waals surface area contributed by atoms with Gasteiger partial charge in [-0.3, -0.25) is 9.59 Å². The SMILES string of the molecule is COc1ccc(S(=O)(=O)N(CCC2=CCCCC2)C2CC(=O)N(c3ccc(Cl)cc3)C2=O)cc1. The summed E-state index contributed by atoms with van der Waals surface area (Å²) in [7, 11) is -2.55. The molecule has 1 aliphatic carbocycles. The predicted molar refractivity (Wildman–Crippen MR) is 130 cm³/mol. The first-order valence-electron chi connectivity index (χ1n) is 11.3. The number of carbonyl (C=O) groups is 2. The molecule has 0 bridgehead atoms. The van der Waals surface area contributed by atoms with Crippen molar-refractivity contribution in [3.05, 3.63) is 65.2 Å². The molecule has 0 radical (unpaired) electrons. The largest absolute Gasteiger partial charge is 0.497 e. The Hall–Kier alpha value is -2.68. The zero-order chi connectivity index (χ0) is 24.3. The smallest absolute Gasteiger partial charge is 0.252 e. The number of benzene rings is 2. The highest BCUT2D eigenvalue weighted by Crippen LogP contribution is 2.31. The number of amides is 2. The number of nitrogens with zero attached hydrogens (tertiary/aromatic N) is 2. The average molecular weight is 503 g/mol. The summed E-state index contributed by atoms with van der Waals surface area (Å²) in [6.45, 7) is 0.123. The van der Waals surface area contributed by atoms with Crippen LogP contribution in [0.5, 0.6) is 5.75 Å². The second-order valence-corrected chi connectivity index (χ2v) is 10.7. The van der Waals surface area contributed by atoms with E-state index < -0.39 is 27.9 Å². The number of hydrogen-bond acceptors (Lipinski definition) is 5. The molecule has 1 aliphatic heterocycles. The van der Waals surface area contributed by atoms with Gasteiger partial charge in [0.15, 0.2) is 0 Å². The third-order valence-electron chi connectivity index (χ3n) is 6.26. The third kappa shape index (κ3) is 5.04. The number of rotatable bonds is 8. The first kappa shape index (κ1) is 24.4. The summed E-state index contributed by atoms with van der Waals surface area (Å²) >= 11 is 5.94. The van der Waals surface area contributed by atoms with Gasteiger partial charge in [0.2, 0.25) is 15.9 Å². The number of carbonyl (C=O) groups excluding carboxylic acids is 2. The summed E-state index contributed by atoms with van der Waals surface area (Å²) in [6.07, 6.45) is 6.56. The molecule has 0 saturated carbocycles. The summed E-state index contributed by atoms with van der Waals surface area (Å²) < 4.78 is 33.7. The van der Waals surface area contributed by atoms with Crippen LogP contribution in [-0.2, 0) is 19.6 Å². The van der Waals surface area contributed by atoms with E-state index in [2.05, 4.69) is 6.08 Å². The summed E-state index contributed by atoms with van der Waals surface area (Å²) in [6, 6.07) is 11.3. The molecule has 0 N–H and O–H groups in total. The molecule has 4 rings (SSSR count). The number of halogens is 1. The molecule has 34 heavy (non-hydrogen) atoms. The van der Waals surface area contributed by atoms with Gasteiger partial charge >= 0.3 is 0 Å². The molecule has 1 atom stereocenters. The minimum absolute atomic E-state index is 0.0520. The Morgan fingerprint density at radius 2 is 1.76 bits per heavy atom. The number of hydrogen-bond donors (Lipinski definition) is 0. The van der Waals surface area contributed by atoms with Crippen molar-refractivity contribution < 1.29 is 22.7 Å². The van der Waals surface area contributed by atoms with Crippen LogP contribution in [0.2, 0.25) is 5.02 Å². The maximum Gasteiger partial charge on any atom is 0.252 e. The highest BCUT2D eigenvalue weighted by molar-refractivity contribution is 7.89. The molecule has 1 fully saturated rings. The van der Waals surface area contributed by atoms with E-state index in [0.29, 0.717) is 22.9 Å². The van der Waals surface area contributed by atoms with Gasteiger partial charge in [-0.25, -0.2) is 13.3 Å². The molecule has 9 heteroatoms. The van der Waals surface area contributed by atoms with Gasteiger partial charge in [0.1, 0.15) is 11.8 Å². The van der Waals surface area contributed by atoms with E-state index in [0.717, 1.165) is 30.6 Å². The summed E-state index contributed by atoms with van der Waals surface area (Å²) in [4.78, 5) is 27.4. The fourth-order valence-corrected chi connectivity index (χ4v) is 6.12. The molecular weight excluding hydrogens is 476 g/mol. The number of sulfonamides is 1. The van der Waals surface area contributed by atoms with Crippen LogP contribution in [-0.4, -0.2) is 44.2 Å². The van der Waals surface area contributed by atoms with Gasteiger partial charge < -0.3 is 4.74 Å². The topological polar surface area (TPSA) is 84.0 Å². The van der Waals surface area contributed by atoms with Crippen molar-refractivity contribution in [2.24, 2.45) is 0 Å². The second-order valence-electron chi connectivity index (χ2n) is 8.41. The molecule has 2 aromatic rings. The minimum Gasteiger partial charge on any atom is -0.497 e. The fraction of sp³-hybridized carbons (Fsp3) is 0.360. The molecule has 1 heterocycles. The standard InChI is InChI=1S/C25H27ClN2O5S/c1-33-21-11-13-22(14-12-21)34(31,32)27(16-15-18-5-3-2-4-6-18)23-17-24(29)28(25(23)30)20-9-7-19(26)8-10-20/h5,7-14,23H,2-4,6,15-17H2,1H3. The summed E-state index contributed by atoms with van der Waals surface area (Å²) in [5.41, 5.74) is 1.56. The van der Waals surface area contributed by atoms with Crippen LogP contribution in [0.15, 0.2) is 65.1 Å². The summed E-state index contributed by atoms with van der Waals surface area (Å²) in [5.74, 6) is -0.468. The lowest BCUT2D eigenvalue weighted by Crippen LogP contribution is -2.46. The van der Waals surface area contributed by atoms with Crippen molar-refractivity contribution in [3.8, 4) is 5.75 Å². The Labute approximate surface area is 205 Å². The predicted octanol–water partition coefficient (Wildman–Crippen LogP) is 4.56. The van der Waals surface area contributed by atoms with Crippen LogP contribution in [0.4, 0.5) is 5.69 Å². The van der Waals surface area contributed by atoms with E-state index >= 15 is 0 Å². The molecule has 2 aromatic carbocycles. The summed E-state index contributed by atoms with van der Waals surface area (Å²) in [5, 5.41) is 0.476. The zero-order valence-electron chi connectivity index (χ0n) is 18.9. The number of imide groups is 1. The van der Waals surface area contributed by atoms with Crippen molar-refractivity contribution in [2.75, 3.05) is 18.6 Å². The molecule has 2 amide bonds. The van der Waals surface area contributed by atoms with Gasteiger partial charge in [-0.2, -0.15) is 4.31 Å². The molecule has 1 unspecified atom stereocenters. The minimum atomic E-state index is -4.05. The van der Waals surface area contributed by atoms with E-state index in [4.69, 9.17) is 16.3 Å². The quantitative estimate of drug-likeness (QED) is 0.390. The van der Waals surface area contributed by atoms with Gasteiger partial charge in [0.05, 0.1) is 24.1 Å². The molecule has 7 nitrogen and oxygen atoms in total. The fourth-order valence-electron chi connectivity index (χ4n) is 4.41. The first-order chi connectivity index (χ1) is 16.3. The first-order valence-corrected chi connectivity index (χ1v) is 13.1.